The molecule has 0 spiro atoms. The highest BCUT2D eigenvalue weighted by Crippen LogP contribution is 2.50. The fourth-order valence-electron chi connectivity index (χ4n) is 11.2. The van der Waals surface area contributed by atoms with E-state index in [4.69, 9.17) is 9.97 Å². The van der Waals surface area contributed by atoms with Gasteiger partial charge >= 0.3 is 0 Å². The van der Waals surface area contributed by atoms with Gasteiger partial charge in [0.05, 0.1) is 39.0 Å². The molecule has 1 aliphatic rings. The first-order valence-corrected chi connectivity index (χ1v) is 22.5. The van der Waals surface area contributed by atoms with Crippen molar-refractivity contribution in [2.45, 2.75) is 19.3 Å². The Morgan fingerprint density at radius 3 is 1.74 bits per heavy atom. The van der Waals surface area contributed by atoms with Gasteiger partial charge in [0.2, 0.25) is 0 Å². The van der Waals surface area contributed by atoms with Crippen molar-refractivity contribution in [1.82, 2.24) is 19.1 Å². The molecule has 14 rings (SSSR count). The molecule has 13 aromatic rings. The summed E-state index contributed by atoms with van der Waals surface area (Å²) in [6.45, 7) is 4.67. The molecule has 0 radical (unpaired) electrons. The summed E-state index contributed by atoms with van der Waals surface area (Å²) in [7, 11) is 0. The zero-order chi connectivity index (χ0) is 43.0. The molecule has 0 saturated carbocycles. The van der Waals surface area contributed by atoms with E-state index in [0.29, 0.717) is 0 Å². The summed E-state index contributed by atoms with van der Waals surface area (Å²) in [4.78, 5) is 10.8. The molecule has 3 heterocycles. The van der Waals surface area contributed by atoms with Crippen LogP contribution >= 0.6 is 0 Å². The van der Waals surface area contributed by atoms with Crippen LogP contribution in [0.15, 0.2) is 206 Å². The predicted molar refractivity (Wildman–Crippen MR) is 272 cm³/mol. The van der Waals surface area contributed by atoms with Crippen LogP contribution in [0.2, 0.25) is 0 Å². The average Bonchev–Trinajstić information content (AvgIpc) is 3.94. The first kappa shape index (κ1) is 36.2. The Kier molecular flexibility index (Phi) is 7.42. The smallest absolute Gasteiger partial charge is 0.161 e. The van der Waals surface area contributed by atoms with Crippen LogP contribution in [0.1, 0.15) is 25.0 Å². The summed E-state index contributed by atoms with van der Waals surface area (Å²) in [6.07, 6.45) is 0. The maximum Gasteiger partial charge on any atom is 0.161 e. The van der Waals surface area contributed by atoms with Gasteiger partial charge in [0.25, 0.3) is 0 Å². The Balaban J connectivity index is 0.941. The molecule has 0 saturated heterocycles. The van der Waals surface area contributed by atoms with E-state index in [9.17, 15) is 0 Å². The Morgan fingerprint density at radius 1 is 0.369 bits per heavy atom. The summed E-state index contributed by atoms with van der Waals surface area (Å²) in [5.74, 6) is 0.719. The summed E-state index contributed by atoms with van der Waals surface area (Å²) in [6, 6.07) is 75.3. The number of nitrogens with zero attached hydrogens (tertiary/aromatic N) is 4. The maximum atomic E-state index is 5.48. The van der Waals surface area contributed by atoms with Crippen LogP contribution in [0.25, 0.3) is 121 Å². The second kappa shape index (κ2) is 13.3. The highest BCUT2D eigenvalue weighted by atomic mass is 15.0. The van der Waals surface area contributed by atoms with Crippen molar-refractivity contribution in [3.63, 3.8) is 0 Å². The van der Waals surface area contributed by atoms with Gasteiger partial charge in [0.1, 0.15) is 0 Å². The highest BCUT2D eigenvalue weighted by Gasteiger charge is 2.35. The lowest BCUT2D eigenvalue weighted by molar-refractivity contribution is 0.660. The topological polar surface area (TPSA) is 35.6 Å². The molecular weight excluding hydrogens is 789 g/mol. The quantitative estimate of drug-likeness (QED) is 0.177. The molecule has 65 heavy (non-hydrogen) atoms. The van der Waals surface area contributed by atoms with E-state index in [-0.39, 0.29) is 5.41 Å². The zero-order valence-electron chi connectivity index (χ0n) is 35.9. The summed E-state index contributed by atoms with van der Waals surface area (Å²) < 4.78 is 4.85. The van der Waals surface area contributed by atoms with Crippen LogP contribution in [0.5, 0.6) is 0 Å². The molecular formula is C61H40N4. The third-order valence-electron chi connectivity index (χ3n) is 14.3. The number of hydrogen-bond acceptors (Lipinski definition) is 2. The van der Waals surface area contributed by atoms with E-state index in [0.717, 1.165) is 55.7 Å². The molecule has 304 valence electrons. The summed E-state index contributed by atoms with van der Waals surface area (Å²) in [5.41, 5.74) is 16.2. The molecule has 4 nitrogen and oxygen atoms in total. The second-order valence-electron chi connectivity index (χ2n) is 18.1. The Morgan fingerprint density at radius 2 is 0.969 bits per heavy atom. The normalized spacial score (nSPS) is 13.2. The zero-order valence-corrected chi connectivity index (χ0v) is 35.9. The van der Waals surface area contributed by atoms with Crippen molar-refractivity contribution in [2.24, 2.45) is 0 Å². The number of aromatic nitrogens is 4. The average molecular weight is 829 g/mol. The minimum Gasteiger partial charge on any atom is -0.309 e. The van der Waals surface area contributed by atoms with Crippen molar-refractivity contribution in [2.75, 3.05) is 0 Å². The van der Waals surface area contributed by atoms with E-state index in [1.54, 1.807) is 0 Å². The molecule has 0 unspecified atom stereocenters. The molecule has 0 fully saturated rings. The first-order chi connectivity index (χ1) is 32.0. The fourth-order valence-corrected chi connectivity index (χ4v) is 11.2. The SMILES string of the molecule is CC1(C)c2ccccc2-c2ccc(-c3nc(-c4ccc(-n5c6ccccc6c6cc7cc(-n8c9ccccc9c9ccccc98)ccc7cc65)c5ccccc45)nc4ccccc34)cc21. The van der Waals surface area contributed by atoms with Crippen molar-refractivity contribution >= 4 is 76.1 Å². The third kappa shape index (κ3) is 5.14. The van der Waals surface area contributed by atoms with Crippen molar-refractivity contribution in [1.29, 1.82) is 0 Å². The number of benzene rings is 10. The summed E-state index contributed by atoms with van der Waals surface area (Å²) in [5, 5.41) is 10.7. The lowest BCUT2D eigenvalue weighted by Crippen LogP contribution is -2.15. The van der Waals surface area contributed by atoms with Gasteiger partial charge in [-0.2, -0.15) is 0 Å². The van der Waals surface area contributed by atoms with Crippen LogP contribution in [0.4, 0.5) is 0 Å². The monoisotopic (exact) mass is 828 g/mol. The highest BCUT2D eigenvalue weighted by molar-refractivity contribution is 6.16. The van der Waals surface area contributed by atoms with Gasteiger partial charge < -0.3 is 9.13 Å². The first-order valence-electron chi connectivity index (χ1n) is 22.5. The molecule has 10 aromatic carbocycles. The van der Waals surface area contributed by atoms with E-state index in [1.165, 1.54) is 76.6 Å². The van der Waals surface area contributed by atoms with E-state index >= 15 is 0 Å². The molecule has 0 amide bonds. The van der Waals surface area contributed by atoms with Crippen LogP contribution < -0.4 is 0 Å². The van der Waals surface area contributed by atoms with Crippen LogP contribution in [0.3, 0.4) is 0 Å². The Hall–Kier alpha value is -8.34. The maximum absolute atomic E-state index is 5.48. The van der Waals surface area contributed by atoms with Crippen LogP contribution in [-0.2, 0) is 5.41 Å². The Labute approximate surface area is 375 Å². The lowest BCUT2D eigenvalue weighted by atomic mass is 9.82. The number of hydrogen-bond donors (Lipinski definition) is 0. The van der Waals surface area contributed by atoms with Gasteiger partial charge in [-0.15, -0.1) is 0 Å². The number of para-hydroxylation sites is 4. The van der Waals surface area contributed by atoms with Crippen LogP contribution in [-0.4, -0.2) is 19.1 Å². The molecule has 0 N–H and O–H groups in total. The van der Waals surface area contributed by atoms with Gasteiger partial charge in [-0.3, -0.25) is 0 Å². The van der Waals surface area contributed by atoms with E-state index < -0.39 is 0 Å². The van der Waals surface area contributed by atoms with Gasteiger partial charge in [-0.05, 0) is 105 Å². The second-order valence-corrected chi connectivity index (χ2v) is 18.1. The fraction of sp³-hybridized carbons (Fsp3) is 0.0492. The molecule has 4 heteroatoms. The largest absolute Gasteiger partial charge is 0.309 e. The van der Waals surface area contributed by atoms with Crippen molar-refractivity contribution in [3.8, 4) is 45.1 Å². The number of fused-ring (bicyclic) bond motifs is 12. The van der Waals surface area contributed by atoms with Crippen LogP contribution in [0, 0.1) is 0 Å². The van der Waals surface area contributed by atoms with Gasteiger partial charge in [-0.1, -0.05) is 153 Å². The predicted octanol–water partition coefficient (Wildman–Crippen LogP) is 15.8. The minimum atomic E-state index is -0.116. The van der Waals surface area contributed by atoms with Gasteiger partial charge in [-0.25, -0.2) is 9.97 Å². The minimum absolute atomic E-state index is 0.116. The van der Waals surface area contributed by atoms with Crippen molar-refractivity contribution < 1.29 is 0 Å². The van der Waals surface area contributed by atoms with Crippen molar-refractivity contribution in [3.05, 3.63) is 217 Å². The van der Waals surface area contributed by atoms with E-state index in [2.05, 4.69) is 229 Å². The molecule has 0 bridgehead atoms. The standard InChI is InChI=1S/C61H40N4/c1-61(2)51-22-10-5-16-42(51)43-30-28-38(35-52(43)61)59-49-21-6-11-23-53(49)62-60(63-59)48-31-32-57(44-17-4-3-15-41(44)48)65-56-26-14-9-20-47(56)50-34-39-33-40(29-27-37(39)36-58(50)65)64-54-24-12-7-18-45(54)46-19-8-13-25-55(46)64/h3-36H,1-2H3. The van der Waals surface area contributed by atoms with Gasteiger partial charge in [0.15, 0.2) is 5.82 Å². The molecule has 1 aliphatic carbocycles. The number of rotatable bonds is 4. The van der Waals surface area contributed by atoms with Gasteiger partial charge in [0, 0.05) is 54.5 Å². The summed E-state index contributed by atoms with van der Waals surface area (Å²) >= 11 is 0. The lowest BCUT2D eigenvalue weighted by Gasteiger charge is -2.22. The van der Waals surface area contributed by atoms with E-state index in [1.807, 2.05) is 0 Å². The molecule has 0 atom stereocenters. The Bertz CT molecular complexity index is 4110. The third-order valence-corrected chi connectivity index (χ3v) is 14.3. The molecule has 0 aliphatic heterocycles. The molecule has 3 aromatic heterocycles.